The van der Waals surface area contributed by atoms with Gasteiger partial charge < -0.3 is 24.0 Å². The number of rotatable bonds is 8. The van der Waals surface area contributed by atoms with E-state index < -0.39 is 6.10 Å². The Balaban J connectivity index is 0.000000183. The van der Waals surface area contributed by atoms with Gasteiger partial charge in [0.1, 0.15) is 29.4 Å². The maximum Gasteiger partial charge on any atom is 0.257 e. The molecule has 1 atom stereocenters. The number of aliphatic hydroxyl groups is 1. The zero-order valence-corrected chi connectivity index (χ0v) is 35.0. The lowest BCUT2D eigenvalue weighted by molar-refractivity contribution is 0.129. The van der Waals surface area contributed by atoms with Crippen LogP contribution < -0.4 is 11.1 Å². The largest absolute Gasteiger partial charge is 0.385 e. The fourth-order valence-corrected chi connectivity index (χ4v) is 9.92. The van der Waals surface area contributed by atoms with Crippen LogP contribution in [0.25, 0.3) is 21.9 Å². The number of fused-ring (bicyclic) bond motifs is 4. The highest BCUT2D eigenvalue weighted by atomic mass is 19.1. The molecule has 2 saturated heterocycles. The van der Waals surface area contributed by atoms with E-state index in [2.05, 4.69) is 25.1 Å². The van der Waals surface area contributed by atoms with E-state index >= 15 is 0 Å². The van der Waals surface area contributed by atoms with E-state index in [1.54, 1.807) is 16.7 Å². The van der Waals surface area contributed by atoms with E-state index in [4.69, 9.17) is 14.0 Å². The van der Waals surface area contributed by atoms with Crippen LogP contribution in [-0.2, 0) is 32.4 Å². The molecule has 0 radical (unpaired) electrons. The van der Waals surface area contributed by atoms with Crippen LogP contribution >= 0.6 is 0 Å². The first-order valence-electron chi connectivity index (χ1n) is 22.0. The third kappa shape index (κ3) is 9.56. The Kier molecular flexibility index (Phi) is 14.4. The average molecular weight is 869 g/mol. The number of hydrogen-bond donors (Lipinski definition) is 1. The fourth-order valence-electron chi connectivity index (χ4n) is 9.92. The number of halogens is 2. The number of aryl methyl sites for hydroxylation is 3. The molecule has 2 fully saturated rings. The third-order valence-corrected chi connectivity index (χ3v) is 13.5. The fraction of sp³-hybridized carbons (Fsp3) is 0.542. The van der Waals surface area contributed by atoms with Gasteiger partial charge in [-0.3, -0.25) is 18.7 Å². The molecule has 63 heavy (non-hydrogen) atoms. The van der Waals surface area contributed by atoms with Crippen molar-refractivity contribution in [2.45, 2.75) is 130 Å². The molecule has 8 heterocycles. The van der Waals surface area contributed by atoms with Crippen LogP contribution in [0.2, 0.25) is 0 Å². The van der Waals surface area contributed by atoms with E-state index in [0.717, 1.165) is 154 Å². The molecule has 4 aliphatic heterocycles. The van der Waals surface area contributed by atoms with Gasteiger partial charge in [-0.2, -0.15) is 0 Å². The molecular formula is C48H62F2N8O5. The molecule has 0 saturated carbocycles. The van der Waals surface area contributed by atoms with Gasteiger partial charge in [-0.05, 0) is 129 Å². The molecule has 0 amide bonds. The van der Waals surface area contributed by atoms with E-state index in [9.17, 15) is 23.5 Å². The van der Waals surface area contributed by atoms with Gasteiger partial charge in [0.15, 0.2) is 11.2 Å². The van der Waals surface area contributed by atoms with E-state index in [1.165, 1.54) is 24.3 Å². The highest BCUT2D eigenvalue weighted by Crippen LogP contribution is 2.34. The number of likely N-dealkylation sites (tertiary alicyclic amines) is 2. The van der Waals surface area contributed by atoms with Crippen molar-refractivity contribution in [1.82, 2.24) is 39.2 Å². The number of piperidine rings is 2. The normalized spacial score (nSPS) is 18.6. The summed E-state index contributed by atoms with van der Waals surface area (Å²) in [6, 6.07) is 9.21. The van der Waals surface area contributed by atoms with Gasteiger partial charge >= 0.3 is 0 Å². The van der Waals surface area contributed by atoms with Crippen LogP contribution in [0.3, 0.4) is 0 Å². The quantitative estimate of drug-likeness (QED) is 0.159. The number of benzene rings is 2. The molecule has 0 bridgehead atoms. The molecular weight excluding hydrogens is 807 g/mol. The molecule has 13 nitrogen and oxygen atoms in total. The molecule has 338 valence electrons. The minimum Gasteiger partial charge on any atom is -0.385 e. The van der Waals surface area contributed by atoms with Crippen LogP contribution in [0.4, 0.5) is 8.78 Å². The molecule has 1 N–H and O–H groups in total. The van der Waals surface area contributed by atoms with Gasteiger partial charge in [-0.15, -0.1) is 0 Å². The maximum absolute atomic E-state index is 13.4. The summed E-state index contributed by atoms with van der Waals surface area (Å²) in [6.45, 7) is 10.7. The number of hydrogen-bond acceptors (Lipinski definition) is 11. The highest BCUT2D eigenvalue weighted by molar-refractivity contribution is 5.80. The van der Waals surface area contributed by atoms with E-state index in [0.29, 0.717) is 48.2 Å². The summed E-state index contributed by atoms with van der Waals surface area (Å²) in [4.78, 5) is 39.9. The van der Waals surface area contributed by atoms with E-state index in [1.807, 2.05) is 18.4 Å². The first kappa shape index (κ1) is 45.9. The molecule has 4 aromatic heterocycles. The first-order valence-corrected chi connectivity index (χ1v) is 22.0. The lowest BCUT2D eigenvalue weighted by Gasteiger charge is -2.31. The van der Waals surface area contributed by atoms with Crippen molar-refractivity contribution < 1.29 is 22.9 Å². The van der Waals surface area contributed by atoms with Crippen molar-refractivity contribution in [2.24, 2.45) is 0 Å². The second-order valence-electron chi connectivity index (χ2n) is 17.3. The molecule has 10 rings (SSSR count). The highest BCUT2D eigenvalue weighted by Gasteiger charge is 2.28. The van der Waals surface area contributed by atoms with Gasteiger partial charge in [0.05, 0.1) is 11.4 Å². The van der Waals surface area contributed by atoms with Crippen molar-refractivity contribution in [2.75, 3.05) is 39.3 Å². The van der Waals surface area contributed by atoms with Gasteiger partial charge in [0.25, 0.3) is 11.1 Å². The second-order valence-corrected chi connectivity index (χ2v) is 17.3. The number of aliphatic hydroxyl groups excluding tert-OH is 1. The summed E-state index contributed by atoms with van der Waals surface area (Å²) >= 11 is 0. The zero-order chi connectivity index (χ0) is 42.2. The average Bonchev–Trinajstić information content (AvgIpc) is 3.88. The number of aromatic nitrogens is 6. The summed E-state index contributed by atoms with van der Waals surface area (Å²) in [5.74, 6) is 1.46. The van der Waals surface area contributed by atoms with Crippen molar-refractivity contribution >= 4 is 21.9 Å². The second kappa shape index (κ2) is 19.7. The summed E-state index contributed by atoms with van der Waals surface area (Å²) in [5.41, 5.74) is 6.28. The summed E-state index contributed by atoms with van der Waals surface area (Å²) in [5, 5.41) is 20.4. The topological polar surface area (TPSA) is 149 Å². The first-order chi connectivity index (χ1) is 29.6. The lowest BCUT2D eigenvalue weighted by atomic mass is 9.91. The maximum atomic E-state index is 13.4. The van der Waals surface area contributed by atoms with Gasteiger partial charge in [0.2, 0.25) is 0 Å². The van der Waals surface area contributed by atoms with Gasteiger partial charge in [0, 0.05) is 89.9 Å². The Bertz CT molecular complexity index is 2660. The Morgan fingerprint density at radius 3 is 1.68 bits per heavy atom. The van der Waals surface area contributed by atoms with Crippen molar-refractivity contribution in [3.8, 4) is 0 Å². The molecule has 2 aromatic carbocycles. The Morgan fingerprint density at radius 2 is 1.14 bits per heavy atom. The summed E-state index contributed by atoms with van der Waals surface area (Å²) < 4.78 is 41.0. The smallest absolute Gasteiger partial charge is 0.257 e. The Labute approximate surface area is 367 Å². The predicted molar refractivity (Wildman–Crippen MR) is 239 cm³/mol. The predicted octanol–water partition coefficient (Wildman–Crippen LogP) is 7.94. The summed E-state index contributed by atoms with van der Waals surface area (Å²) in [6.07, 6.45) is 9.19. The Hall–Kier alpha value is -5.12. The molecule has 6 aromatic rings. The molecule has 15 heteroatoms. The molecule has 0 aliphatic carbocycles. The summed E-state index contributed by atoms with van der Waals surface area (Å²) in [7, 11) is 0. The van der Waals surface area contributed by atoms with Crippen LogP contribution in [-0.4, -0.2) is 83.6 Å². The minimum atomic E-state index is -0.641. The molecule has 4 aliphatic rings. The van der Waals surface area contributed by atoms with Crippen LogP contribution in [0.1, 0.15) is 130 Å². The van der Waals surface area contributed by atoms with Gasteiger partial charge in [-0.25, -0.2) is 18.7 Å². The van der Waals surface area contributed by atoms with Crippen molar-refractivity contribution in [1.29, 1.82) is 0 Å². The monoisotopic (exact) mass is 868 g/mol. The molecule has 0 spiro atoms. The molecule has 1 unspecified atom stereocenters. The van der Waals surface area contributed by atoms with Gasteiger partial charge in [-0.1, -0.05) is 25.2 Å². The number of nitrogens with zero attached hydrogens (tertiary/aromatic N) is 8. The van der Waals surface area contributed by atoms with Crippen LogP contribution in [0.5, 0.6) is 0 Å². The van der Waals surface area contributed by atoms with Crippen LogP contribution in [0, 0.1) is 25.5 Å². The minimum absolute atomic E-state index is 0. The van der Waals surface area contributed by atoms with Crippen molar-refractivity contribution in [3.05, 3.63) is 114 Å². The standard InChI is InChI=1S/C23H27FN4O3.C23H27FN4O2.2CH4/c1-14-17(23(30)28-9-2-3-19(29)22(28)25-14)8-12-27-10-6-15(7-11-27)21-18-5-4-16(24)13-20(18)31-26-21;1-15-18(23(29)28-10-3-2-4-21(28)25-15)9-13-27-11-7-16(8-12-27)22-19-6-5-17(24)14-20(19)30-26-22;;/h4-5,13,15,19,29H,2-3,6-12H2,1H3;5-6,14,16H,2-4,7-13H2,1H3;2*1H4. The van der Waals surface area contributed by atoms with Crippen LogP contribution in [0.15, 0.2) is 55.0 Å². The Morgan fingerprint density at radius 1 is 0.651 bits per heavy atom. The lowest BCUT2D eigenvalue weighted by Crippen LogP contribution is -2.37. The SMILES string of the molecule is C.C.Cc1nc2n(c(=O)c1CCN1CCC(c3noc4cc(F)ccc34)CC1)CCCC2.Cc1nc2n(c(=O)c1CCN1CCC(c3noc4cc(F)ccc34)CC1)CCCC2O. The third-order valence-electron chi connectivity index (χ3n) is 13.5. The van der Waals surface area contributed by atoms with Crippen molar-refractivity contribution in [3.63, 3.8) is 0 Å². The zero-order valence-electron chi connectivity index (χ0n) is 35.0. The van der Waals surface area contributed by atoms with E-state index in [-0.39, 0.29) is 37.6 Å².